The molecule has 0 spiro atoms. The summed E-state index contributed by atoms with van der Waals surface area (Å²) in [6.45, 7) is 1.08. The van der Waals surface area contributed by atoms with E-state index in [-0.39, 0.29) is 0 Å². The van der Waals surface area contributed by atoms with Crippen molar-refractivity contribution in [1.82, 2.24) is 5.32 Å². The van der Waals surface area contributed by atoms with Crippen LogP contribution < -0.4 is 5.32 Å². The lowest BCUT2D eigenvalue weighted by atomic mass is 9.85. The van der Waals surface area contributed by atoms with Crippen molar-refractivity contribution in [2.24, 2.45) is 5.92 Å². The van der Waals surface area contributed by atoms with Crippen molar-refractivity contribution < 1.29 is 4.39 Å². The van der Waals surface area contributed by atoms with Gasteiger partial charge in [-0.05, 0) is 45.2 Å². The number of nitrogens with one attached hydrogen (secondary N) is 1. The molecule has 0 aliphatic heterocycles. The molecule has 0 aromatic heterocycles. The zero-order chi connectivity index (χ0) is 8.81. The average molecular weight is 173 g/mol. The van der Waals surface area contributed by atoms with Gasteiger partial charge in [0.2, 0.25) is 0 Å². The van der Waals surface area contributed by atoms with Crippen LogP contribution in [0.3, 0.4) is 0 Å². The van der Waals surface area contributed by atoms with Gasteiger partial charge in [0.05, 0.1) is 0 Å². The maximum Gasteiger partial charge on any atom is 0.100 e. The highest BCUT2D eigenvalue weighted by Crippen LogP contribution is 2.29. The quantitative estimate of drug-likeness (QED) is 0.644. The molecule has 1 saturated carbocycles. The Morgan fingerprint density at radius 3 is 2.92 bits per heavy atom. The summed E-state index contributed by atoms with van der Waals surface area (Å²) in [6, 6.07) is 0. The maximum absolute atomic E-state index is 12.9. The Bertz CT molecular complexity index is 116. The van der Waals surface area contributed by atoms with E-state index in [1.54, 1.807) is 0 Å². The van der Waals surface area contributed by atoms with E-state index < -0.39 is 6.17 Å². The monoisotopic (exact) mass is 173 g/mol. The Morgan fingerprint density at radius 2 is 2.25 bits per heavy atom. The van der Waals surface area contributed by atoms with Gasteiger partial charge in [-0.15, -0.1) is 0 Å². The maximum atomic E-state index is 12.9. The lowest BCUT2D eigenvalue weighted by Gasteiger charge is -2.24. The Labute approximate surface area is 74.7 Å². The first-order valence-corrected chi connectivity index (χ1v) is 5.11. The molecular formula is C10H20FN. The molecule has 0 bridgehead atoms. The van der Waals surface area contributed by atoms with Crippen LogP contribution in [-0.4, -0.2) is 19.8 Å². The van der Waals surface area contributed by atoms with Crippen molar-refractivity contribution in [3.63, 3.8) is 0 Å². The van der Waals surface area contributed by atoms with Crippen LogP contribution in [0.1, 0.15) is 38.5 Å². The van der Waals surface area contributed by atoms with Crippen molar-refractivity contribution in [3.05, 3.63) is 0 Å². The van der Waals surface area contributed by atoms with E-state index in [9.17, 15) is 4.39 Å². The van der Waals surface area contributed by atoms with Gasteiger partial charge >= 0.3 is 0 Å². The van der Waals surface area contributed by atoms with E-state index >= 15 is 0 Å². The van der Waals surface area contributed by atoms with Crippen LogP contribution >= 0.6 is 0 Å². The topological polar surface area (TPSA) is 12.0 Å². The van der Waals surface area contributed by atoms with Crippen LogP contribution in [0.15, 0.2) is 0 Å². The van der Waals surface area contributed by atoms with E-state index in [1.165, 1.54) is 19.3 Å². The summed E-state index contributed by atoms with van der Waals surface area (Å²) in [7, 11) is 1.97. The van der Waals surface area contributed by atoms with Crippen LogP contribution in [0.5, 0.6) is 0 Å². The number of alkyl halides is 1. The van der Waals surface area contributed by atoms with Gasteiger partial charge in [-0.3, -0.25) is 0 Å². The first-order chi connectivity index (χ1) is 5.83. The number of rotatable bonds is 4. The van der Waals surface area contributed by atoms with E-state index in [1.807, 2.05) is 7.05 Å². The van der Waals surface area contributed by atoms with E-state index in [0.717, 1.165) is 25.8 Å². The predicted octanol–water partition coefficient (Wildman–Crippen LogP) is 2.51. The fourth-order valence-corrected chi connectivity index (χ4v) is 2.06. The van der Waals surface area contributed by atoms with Crippen molar-refractivity contribution in [1.29, 1.82) is 0 Å². The number of hydrogen-bond donors (Lipinski definition) is 1. The molecule has 1 nitrogen and oxygen atoms in total. The normalized spacial score (nSPS) is 30.5. The van der Waals surface area contributed by atoms with Gasteiger partial charge in [-0.1, -0.05) is 12.8 Å². The molecule has 2 unspecified atom stereocenters. The van der Waals surface area contributed by atoms with Crippen LogP contribution in [0.4, 0.5) is 4.39 Å². The minimum atomic E-state index is -0.502. The van der Waals surface area contributed by atoms with Crippen LogP contribution in [0.25, 0.3) is 0 Å². The highest BCUT2D eigenvalue weighted by atomic mass is 19.1. The van der Waals surface area contributed by atoms with Crippen molar-refractivity contribution in [3.8, 4) is 0 Å². The summed E-state index contributed by atoms with van der Waals surface area (Å²) in [4.78, 5) is 0. The second-order valence-corrected chi connectivity index (χ2v) is 3.88. The lowest BCUT2D eigenvalue weighted by Crippen LogP contribution is -2.17. The highest BCUT2D eigenvalue weighted by Gasteiger charge is 2.20. The Kier molecular flexibility index (Phi) is 4.59. The van der Waals surface area contributed by atoms with Gasteiger partial charge < -0.3 is 5.32 Å². The fraction of sp³-hybridized carbons (Fsp3) is 1.00. The van der Waals surface area contributed by atoms with Crippen molar-refractivity contribution in [2.75, 3.05) is 13.6 Å². The third kappa shape index (κ3) is 3.53. The highest BCUT2D eigenvalue weighted by molar-refractivity contribution is 4.72. The molecule has 2 atom stereocenters. The summed E-state index contributed by atoms with van der Waals surface area (Å²) >= 11 is 0. The summed E-state index contributed by atoms with van der Waals surface area (Å²) in [5.74, 6) is 0.669. The molecule has 0 aromatic rings. The van der Waals surface area contributed by atoms with Crippen LogP contribution in [0, 0.1) is 5.92 Å². The molecule has 1 N–H and O–H groups in total. The van der Waals surface area contributed by atoms with Gasteiger partial charge in [0, 0.05) is 0 Å². The molecule has 1 rings (SSSR count). The molecule has 1 aliphatic carbocycles. The Hall–Kier alpha value is -0.110. The molecule has 12 heavy (non-hydrogen) atoms. The average Bonchev–Trinajstić information content (AvgIpc) is 2.05. The molecule has 0 saturated heterocycles. The first kappa shape index (κ1) is 9.97. The van der Waals surface area contributed by atoms with E-state index in [0.29, 0.717) is 5.92 Å². The molecular weight excluding hydrogens is 153 g/mol. The summed E-state index contributed by atoms with van der Waals surface area (Å²) in [5.41, 5.74) is 0. The minimum Gasteiger partial charge on any atom is -0.320 e. The summed E-state index contributed by atoms with van der Waals surface area (Å²) in [5, 5.41) is 3.12. The van der Waals surface area contributed by atoms with Gasteiger partial charge in [0.15, 0.2) is 0 Å². The first-order valence-electron chi connectivity index (χ1n) is 5.11. The second-order valence-electron chi connectivity index (χ2n) is 3.88. The number of hydrogen-bond acceptors (Lipinski definition) is 1. The Balaban J connectivity index is 2.06. The molecule has 72 valence electrons. The lowest BCUT2D eigenvalue weighted by molar-refractivity contribution is 0.190. The largest absolute Gasteiger partial charge is 0.320 e. The van der Waals surface area contributed by atoms with E-state index in [2.05, 4.69) is 5.32 Å². The standard InChI is InChI=1S/C10H20FN/c1-12-7-3-5-9-4-2-6-10(11)8-9/h9-10,12H,2-8H2,1H3. The van der Waals surface area contributed by atoms with Crippen molar-refractivity contribution >= 4 is 0 Å². The predicted molar refractivity (Wildman–Crippen MR) is 50.0 cm³/mol. The molecule has 0 radical (unpaired) electrons. The van der Waals surface area contributed by atoms with Gasteiger partial charge in [0.25, 0.3) is 0 Å². The molecule has 0 heterocycles. The summed E-state index contributed by atoms with van der Waals surface area (Å²) in [6.07, 6.45) is 5.90. The molecule has 0 aromatic carbocycles. The van der Waals surface area contributed by atoms with Crippen molar-refractivity contribution in [2.45, 2.75) is 44.7 Å². The Morgan fingerprint density at radius 1 is 1.42 bits per heavy atom. The SMILES string of the molecule is CNCCCC1CCCC(F)C1. The van der Waals surface area contributed by atoms with Gasteiger partial charge in [0.1, 0.15) is 6.17 Å². The van der Waals surface area contributed by atoms with Crippen LogP contribution in [-0.2, 0) is 0 Å². The third-order valence-electron chi connectivity index (χ3n) is 2.76. The molecule has 2 heteroatoms. The zero-order valence-electron chi connectivity index (χ0n) is 7.98. The van der Waals surface area contributed by atoms with Crippen LogP contribution in [0.2, 0.25) is 0 Å². The summed E-state index contributed by atoms with van der Waals surface area (Å²) < 4.78 is 12.9. The fourth-order valence-electron chi connectivity index (χ4n) is 2.06. The second kappa shape index (κ2) is 5.52. The third-order valence-corrected chi connectivity index (χ3v) is 2.76. The van der Waals surface area contributed by atoms with Gasteiger partial charge in [-0.2, -0.15) is 0 Å². The molecule has 1 fully saturated rings. The smallest absolute Gasteiger partial charge is 0.100 e. The minimum absolute atomic E-state index is 0.502. The zero-order valence-corrected chi connectivity index (χ0v) is 7.98. The van der Waals surface area contributed by atoms with Gasteiger partial charge in [-0.25, -0.2) is 4.39 Å². The van der Waals surface area contributed by atoms with E-state index in [4.69, 9.17) is 0 Å². The molecule has 0 amide bonds. The molecule has 1 aliphatic rings. The number of halogens is 1.